The SMILES string of the molecule is COc1ccccc1C(NP(O)O)(c1ccccc1)c1ccccc1OC. The van der Waals surface area contributed by atoms with Crippen molar-refractivity contribution in [3.8, 4) is 11.5 Å². The predicted molar refractivity (Wildman–Crippen MR) is 107 cm³/mol. The third-order valence-electron chi connectivity index (χ3n) is 4.50. The Balaban J connectivity index is 2.43. The van der Waals surface area contributed by atoms with Crippen LogP contribution in [-0.4, -0.2) is 24.0 Å². The standard InChI is InChI=1S/C21H22NO4P/c1-25-19-14-8-6-12-17(19)21(22-27(23)24,16-10-4-3-5-11-16)18-13-7-9-15-20(18)26-2/h3-15,22-24H,1-2H3. The van der Waals surface area contributed by atoms with Gasteiger partial charge in [0.15, 0.2) is 0 Å². The quantitative estimate of drug-likeness (QED) is 0.428. The van der Waals surface area contributed by atoms with Crippen molar-refractivity contribution in [1.82, 2.24) is 5.09 Å². The summed E-state index contributed by atoms with van der Waals surface area (Å²) in [6.45, 7) is 0. The molecule has 0 aromatic heterocycles. The topological polar surface area (TPSA) is 71.0 Å². The Bertz CT molecular complexity index is 839. The Kier molecular flexibility index (Phi) is 6.09. The minimum Gasteiger partial charge on any atom is -0.496 e. The maximum Gasteiger partial charge on any atom is 0.251 e. The van der Waals surface area contributed by atoms with Crippen molar-refractivity contribution in [2.75, 3.05) is 14.2 Å². The number of hydrogen-bond acceptors (Lipinski definition) is 5. The van der Waals surface area contributed by atoms with E-state index in [0.29, 0.717) is 11.5 Å². The molecule has 140 valence electrons. The molecule has 0 aliphatic carbocycles. The number of methoxy groups -OCH3 is 2. The van der Waals surface area contributed by atoms with E-state index in [0.717, 1.165) is 16.7 Å². The molecule has 27 heavy (non-hydrogen) atoms. The van der Waals surface area contributed by atoms with Gasteiger partial charge in [0.1, 0.15) is 17.0 Å². The minimum absolute atomic E-state index is 0.622. The van der Waals surface area contributed by atoms with E-state index in [1.165, 1.54) is 0 Å². The first-order valence-corrected chi connectivity index (χ1v) is 9.66. The highest BCUT2D eigenvalue weighted by molar-refractivity contribution is 7.42. The Morgan fingerprint density at radius 2 is 1.15 bits per heavy atom. The number of nitrogens with one attached hydrogen (secondary N) is 1. The molecular formula is C21H22NO4P. The van der Waals surface area contributed by atoms with Crippen LogP contribution in [0.2, 0.25) is 0 Å². The van der Waals surface area contributed by atoms with Gasteiger partial charge in [0.25, 0.3) is 8.53 Å². The van der Waals surface area contributed by atoms with Crippen molar-refractivity contribution in [3.63, 3.8) is 0 Å². The van der Waals surface area contributed by atoms with Crippen LogP contribution in [-0.2, 0) is 5.54 Å². The van der Waals surface area contributed by atoms with Gasteiger partial charge in [-0.05, 0) is 17.7 Å². The molecule has 0 unspecified atom stereocenters. The third kappa shape index (κ3) is 3.68. The van der Waals surface area contributed by atoms with Crippen molar-refractivity contribution < 1.29 is 19.3 Å². The maximum atomic E-state index is 10.0. The molecule has 0 radical (unpaired) electrons. The molecule has 0 bridgehead atoms. The summed E-state index contributed by atoms with van der Waals surface area (Å²) in [7, 11) is 0.734. The van der Waals surface area contributed by atoms with Crippen molar-refractivity contribution >= 4 is 8.53 Å². The van der Waals surface area contributed by atoms with Crippen LogP contribution in [0.3, 0.4) is 0 Å². The summed E-state index contributed by atoms with van der Waals surface area (Å²) in [5, 5.41) is 3.01. The van der Waals surface area contributed by atoms with Gasteiger partial charge in [-0.1, -0.05) is 66.7 Å². The highest BCUT2D eigenvalue weighted by Crippen LogP contribution is 2.47. The molecule has 0 heterocycles. The Morgan fingerprint density at radius 3 is 1.59 bits per heavy atom. The number of para-hydroxylation sites is 2. The van der Waals surface area contributed by atoms with Gasteiger partial charge in [-0.2, -0.15) is 0 Å². The lowest BCUT2D eigenvalue weighted by molar-refractivity contribution is 0.375. The molecule has 0 aliphatic heterocycles. The first kappa shape index (κ1) is 19.3. The van der Waals surface area contributed by atoms with Crippen molar-refractivity contribution in [2.24, 2.45) is 0 Å². The van der Waals surface area contributed by atoms with E-state index < -0.39 is 14.1 Å². The number of hydrogen-bond donors (Lipinski definition) is 3. The molecule has 3 aromatic carbocycles. The lowest BCUT2D eigenvalue weighted by Gasteiger charge is -2.38. The summed E-state index contributed by atoms with van der Waals surface area (Å²) < 4.78 is 11.2. The van der Waals surface area contributed by atoms with E-state index in [1.54, 1.807) is 14.2 Å². The second kappa shape index (κ2) is 8.51. The van der Waals surface area contributed by atoms with Gasteiger partial charge in [0.05, 0.1) is 14.2 Å². The smallest absolute Gasteiger partial charge is 0.251 e. The molecule has 5 nitrogen and oxygen atoms in total. The van der Waals surface area contributed by atoms with Crippen molar-refractivity contribution in [1.29, 1.82) is 0 Å². The van der Waals surface area contributed by atoms with Crippen LogP contribution in [0.4, 0.5) is 0 Å². The molecule has 3 rings (SSSR count). The van der Waals surface area contributed by atoms with Crippen LogP contribution >= 0.6 is 8.53 Å². The minimum atomic E-state index is -2.46. The fraction of sp³-hybridized carbons (Fsp3) is 0.143. The largest absolute Gasteiger partial charge is 0.496 e. The van der Waals surface area contributed by atoms with E-state index in [-0.39, 0.29) is 0 Å². The second-order valence-corrected chi connectivity index (χ2v) is 6.72. The van der Waals surface area contributed by atoms with Gasteiger partial charge in [-0.25, -0.2) is 5.09 Å². The van der Waals surface area contributed by atoms with Gasteiger partial charge in [0.2, 0.25) is 0 Å². The monoisotopic (exact) mass is 383 g/mol. The fourth-order valence-corrected chi connectivity index (χ4v) is 4.06. The zero-order valence-corrected chi connectivity index (χ0v) is 16.1. The molecular weight excluding hydrogens is 361 g/mol. The summed E-state index contributed by atoms with van der Waals surface area (Å²) in [5.74, 6) is 1.24. The molecule has 0 saturated heterocycles. The normalized spacial score (nSPS) is 11.4. The van der Waals surface area contributed by atoms with Crippen LogP contribution in [0.15, 0.2) is 78.9 Å². The molecule has 0 saturated carbocycles. The second-order valence-electron chi connectivity index (χ2n) is 5.92. The van der Waals surface area contributed by atoms with Crippen LogP contribution < -0.4 is 14.6 Å². The predicted octanol–water partition coefficient (Wildman–Crippen LogP) is 3.80. The van der Waals surface area contributed by atoms with Gasteiger partial charge >= 0.3 is 0 Å². The Labute approximate surface area is 160 Å². The zero-order valence-electron chi connectivity index (χ0n) is 15.2. The van der Waals surface area contributed by atoms with E-state index >= 15 is 0 Å². The zero-order chi connectivity index (χ0) is 19.3. The highest BCUT2D eigenvalue weighted by atomic mass is 31.2. The first-order chi connectivity index (χ1) is 13.1. The van der Waals surface area contributed by atoms with E-state index in [9.17, 15) is 9.79 Å². The summed E-state index contributed by atoms with van der Waals surface area (Å²) in [4.78, 5) is 20.1. The molecule has 0 amide bonds. The molecule has 6 heteroatoms. The third-order valence-corrected chi connectivity index (χ3v) is 5.03. The summed E-state index contributed by atoms with van der Waals surface area (Å²) >= 11 is 0. The van der Waals surface area contributed by atoms with E-state index in [1.807, 2.05) is 78.9 Å². The van der Waals surface area contributed by atoms with Crippen LogP contribution in [0.25, 0.3) is 0 Å². The molecule has 0 spiro atoms. The number of rotatable bonds is 7. The molecule has 0 aliphatic rings. The average Bonchev–Trinajstić information content (AvgIpc) is 2.72. The number of ether oxygens (including phenoxy) is 2. The average molecular weight is 383 g/mol. The van der Waals surface area contributed by atoms with Crippen molar-refractivity contribution in [3.05, 3.63) is 95.6 Å². The van der Waals surface area contributed by atoms with Crippen LogP contribution in [0.5, 0.6) is 11.5 Å². The van der Waals surface area contributed by atoms with E-state index in [4.69, 9.17) is 9.47 Å². The van der Waals surface area contributed by atoms with Gasteiger partial charge in [-0.3, -0.25) is 0 Å². The van der Waals surface area contributed by atoms with Crippen LogP contribution in [0.1, 0.15) is 16.7 Å². The highest BCUT2D eigenvalue weighted by Gasteiger charge is 2.42. The fourth-order valence-electron chi connectivity index (χ4n) is 3.39. The molecule has 0 atom stereocenters. The summed E-state index contributed by atoms with van der Waals surface area (Å²) in [5.41, 5.74) is 1.24. The Hall–Kier alpha value is -2.43. The molecule has 3 aromatic rings. The first-order valence-electron chi connectivity index (χ1n) is 8.41. The van der Waals surface area contributed by atoms with Gasteiger partial charge in [0, 0.05) is 11.1 Å². The van der Waals surface area contributed by atoms with E-state index in [2.05, 4.69) is 5.09 Å². The van der Waals surface area contributed by atoms with Crippen LogP contribution in [0, 0.1) is 0 Å². The van der Waals surface area contributed by atoms with Gasteiger partial charge in [-0.15, -0.1) is 0 Å². The molecule has 3 N–H and O–H groups in total. The van der Waals surface area contributed by atoms with Gasteiger partial charge < -0.3 is 19.3 Å². The molecule has 0 fully saturated rings. The lowest BCUT2D eigenvalue weighted by atomic mass is 9.77. The Morgan fingerprint density at radius 1 is 0.704 bits per heavy atom. The summed E-state index contributed by atoms with van der Waals surface area (Å²) in [6, 6.07) is 24.7. The van der Waals surface area contributed by atoms with Crippen molar-refractivity contribution in [2.45, 2.75) is 5.54 Å². The lowest BCUT2D eigenvalue weighted by Crippen LogP contribution is -2.42. The maximum absolute atomic E-state index is 10.0. The number of benzene rings is 3. The summed E-state index contributed by atoms with van der Waals surface area (Å²) in [6.07, 6.45) is 0.